The molecular formula is C56H106O8. The fourth-order valence-electron chi connectivity index (χ4n) is 8.48. The summed E-state index contributed by atoms with van der Waals surface area (Å²) in [5, 5.41) is 0. The van der Waals surface area contributed by atoms with E-state index in [9.17, 15) is 19.2 Å². The zero-order valence-corrected chi connectivity index (χ0v) is 42.9. The number of carbonyl (C=O) groups is 4. The summed E-state index contributed by atoms with van der Waals surface area (Å²) in [6.07, 6.45) is 46.8. The van der Waals surface area contributed by atoms with Crippen molar-refractivity contribution in [3.8, 4) is 0 Å². The molecule has 8 heteroatoms. The second-order valence-corrected chi connectivity index (χ2v) is 19.1. The summed E-state index contributed by atoms with van der Waals surface area (Å²) in [5.41, 5.74) is 0. The summed E-state index contributed by atoms with van der Waals surface area (Å²) < 4.78 is 22.7. The number of rotatable bonds is 51. The van der Waals surface area contributed by atoms with Crippen molar-refractivity contribution in [2.75, 3.05) is 13.2 Å². The molecule has 0 aromatic rings. The third kappa shape index (κ3) is 46.4. The van der Waals surface area contributed by atoms with Gasteiger partial charge in [-0.2, -0.15) is 0 Å². The van der Waals surface area contributed by atoms with E-state index in [2.05, 4.69) is 27.7 Å². The molecular weight excluding hydrogens is 801 g/mol. The van der Waals surface area contributed by atoms with E-state index in [4.69, 9.17) is 18.9 Å². The Hall–Kier alpha value is -2.12. The molecule has 8 nitrogen and oxygen atoms in total. The van der Waals surface area contributed by atoms with Crippen molar-refractivity contribution in [1.82, 2.24) is 0 Å². The predicted octanol–water partition coefficient (Wildman–Crippen LogP) is 17.1. The Bertz CT molecular complexity index is 1030. The van der Waals surface area contributed by atoms with Gasteiger partial charge in [-0.05, 0) is 89.9 Å². The van der Waals surface area contributed by atoms with E-state index in [1.165, 1.54) is 89.9 Å². The summed E-state index contributed by atoms with van der Waals surface area (Å²) >= 11 is 0. The van der Waals surface area contributed by atoms with Gasteiger partial charge in [0.05, 0.1) is 13.2 Å². The van der Waals surface area contributed by atoms with Gasteiger partial charge in [0.15, 0.2) is 0 Å². The summed E-state index contributed by atoms with van der Waals surface area (Å²) in [5.74, 6) is -0.141. The lowest BCUT2D eigenvalue weighted by atomic mass is 10.0. The van der Waals surface area contributed by atoms with Crippen molar-refractivity contribution in [1.29, 1.82) is 0 Å². The van der Waals surface area contributed by atoms with Crippen molar-refractivity contribution in [2.45, 2.75) is 322 Å². The molecule has 0 saturated carbocycles. The average molecular weight is 907 g/mol. The Labute approximate surface area is 396 Å². The Kier molecular flexibility index (Phi) is 48.6. The van der Waals surface area contributed by atoms with Crippen LogP contribution in [-0.4, -0.2) is 49.3 Å². The lowest BCUT2D eigenvalue weighted by molar-refractivity contribution is -0.151. The standard InChI is InChI=1S/C56H106O8/c1-5-9-13-15-24-34-42-52(64-56(60)48-32-12-8-4)44-36-26-19-21-28-38-46-54(58)62-50-40-30-23-17-16-22-29-39-49-61-53(57)45-37-27-20-18-25-35-43-51(41-33-14-10-6-2)63-55(59)47-31-11-7-3/h51-52H,5-50H2,1-4H3. The molecule has 0 aliphatic heterocycles. The first-order chi connectivity index (χ1) is 31.4. The summed E-state index contributed by atoms with van der Waals surface area (Å²) in [6.45, 7) is 9.86. The highest BCUT2D eigenvalue weighted by atomic mass is 16.6. The highest BCUT2D eigenvalue weighted by Crippen LogP contribution is 2.20. The zero-order valence-electron chi connectivity index (χ0n) is 42.9. The molecule has 0 aromatic heterocycles. The number of hydrogen-bond acceptors (Lipinski definition) is 8. The van der Waals surface area contributed by atoms with Gasteiger partial charge in [0.2, 0.25) is 0 Å². The molecule has 64 heavy (non-hydrogen) atoms. The maximum Gasteiger partial charge on any atom is 0.306 e. The Balaban J connectivity index is 3.71. The zero-order chi connectivity index (χ0) is 46.8. The molecule has 0 bridgehead atoms. The van der Waals surface area contributed by atoms with E-state index in [0.29, 0.717) is 38.9 Å². The molecule has 0 fully saturated rings. The fraction of sp³-hybridized carbons (Fsp3) is 0.929. The Morgan fingerprint density at radius 3 is 0.812 bits per heavy atom. The summed E-state index contributed by atoms with van der Waals surface area (Å²) in [4.78, 5) is 49.0. The minimum Gasteiger partial charge on any atom is -0.466 e. The first kappa shape index (κ1) is 61.9. The lowest BCUT2D eigenvalue weighted by Crippen LogP contribution is -2.18. The molecule has 0 saturated heterocycles. The molecule has 0 aliphatic rings. The molecule has 2 atom stereocenters. The number of esters is 4. The van der Waals surface area contributed by atoms with Crippen LogP contribution in [0.1, 0.15) is 310 Å². The van der Waals surface area contributed by atoms with Gasteiger partial charge in [0, 0.05) is 25.7 Å². The van der Waals surface area contributed by atoms with E-state index in [1.54, 1.807) is 0 Å². The number of ether oxygens (including phenoxy) is 4. The maximum atomic E-state index is 12.4. The molecule has 0 rings (SSSR count). The number of carbonyl (C=O) groups excluding carboxylic acids is 4. The van der Waals surface area contributed by atoms with Gasteiger partial charge in [-0.25, -0.2) is 0 Å². The van der Waals surface area contributed by atoms with Crippen molar-refractivity contribution < 1.29 is 38.1 Å². The van der Waals surface area contributed by atoms with Crippen LogP contribution in [0.25, 0.3) is 0 Å². The lowest BCUT2D eigenvalue weighted by Gasteiger charge is -2.18. The van der Waals surface area contributed by atoms with Crippen molar-refractivity contribution >= 4 is 23.9 Å². The predicted molar refractivity (Wildman–Crippen MR) is 268 cm³/mol. The van der Waals surface area contributed by atoms with Gasteiger partial charge in [-0.3, -0.25) is 19.2 Å². The highest BCUT2D eigenvalue weighted by molar-refractivity contribution is 5.70. The van der Waals surface area contributed by atoms with E-state index in [-0.39, 0.29) is 36.1 Å². The first-order valence-electron chi connectivity index (χ1n) is 28.1. The topological polar surface area (TPSA) is 105 Å². The van der Waals surface area contributed by atoms with Gasteiger partial charge < -0.3 is 18.9 Å². The van der Waals surface area contributed by atoms with Crippen LogP contribution in [0.3, 0.4) is 0 Å². The minimum absolute atomic E-state index is 0.00956. The van der Waals surface area contributed by atoms with Crippen LogP contribution >= 0.6 is 0 Å². The SMILES string of the molecule is CCCCCCCCC(CCCCCCCCC(=O)OCCCCCCCCCCOC(=O)CCCCCCCCC(CCCCCC)OC(=O)CCCCC)OC(=O)CCCCC. The molecule has 0 amide bonds. The highest BCUT2D eigenvalue weighted by Gasteiger charge is 2.16. The number of hydrogen-bond donors (Lipinski definition) is 0. The van der Waals surface area contributed by atoms with Gasteiger partial charge in [-0.15, -0.1) is 0 Å². The van der Waals surface area contributed by atoms with Crippen LogP contribution in [0, 0.1) is 0 Å². The van der Waals surface area contributed by atoms with Crippen LogP contribution in [0.5, 0.6) is 0 Å². The van der Waals surface area contributed by atoms with Crippen LogP contribution in [0.4, 0.5) is 0 Å². The smallest absolute Gasteiger partial charge is 0.306 e. The average Bonchev–Trinajstić information content (AvgIpc) is 3.28. The van der Waals surface area contributed by atoms with Crippen LogP contribution < -0.4 is 0 Å². The first-order valence-corrected chi connectivity index (χ1v) is 28.1. The van der Waals surface area contributed by atoms with E-state index >= 15 is 0 Å². The molecule has 0 aliphatic carbocycles. The molecule has 0 spiro atoms. The fourth-order valence-corrected chi connectivity index (χ4v) is 8.48. The number of unbranched alkanes of at least 4 members (excludes halogenated alkanes) is 29. The van der Waals surface area contributed by atoms with Gasteiger partial charge in [0.1, 0.15) is 12.2 Å². The van der Waals surface area contributed by atoms with E-state index < -0.39 is 0 Å². The van der Waals surface area contributed by atoms with Gasteiger partial charge in [0.25, 0.3) is 0 Å². The molecule has 0 aromatic carbocycles. The summed E-state index contributed by atoms with van der Waals surface area (Å²) in [6, 6.07) is 0. The quantitative estimate of drug-likeness (QED) is 0.0338. The summed E-state index contributed by atoms with van der Waals surface area (Å²) in [7, 11) is 0. The normalized spacial score (nSPS) is 12.2. The van der Waals surface area contributed by atoms with Crippen molar-refractivity contribution in [3.63, 3.8) is 0 Å². The second kappa shape index (κ2) is 50.3. The minimum atomic E-state index is -0.0591. The van der Waals surface area contributed by atoms with Gasteiger partial charge >= 0.3 is 23.9 Å². The van der Waals surface area contributed by atoms with Crippen LogP contribution in [0.15, 0.2) is 0 Å². The van der Waals surface area contributed by atoms with Crippen molar-refractivity contribution in [3.05, 3.63) is 0 Å². The third-order valence-electron chi connectivity index (χ3n) is 12.7. The van der Waals surface area contributed by atoms with Gasteiger partial charge in [-0.1, -0.05) is 195 Å². The third-order valence-corrected chi connectivity index (χ3v) is 12.7. The largest absolute Gasteiger partial charge is 0.466 e. The van der Waals surface area contributed by atoms with Crippen LogP contribution in [-0.2, 0) is 38.1 Å². The van der Waals surface area contributed by atoms with E-state index in [1.807, 2.05) is 0 Å². The monoisotopic (exact) mass is 907 g/mol. The molecule has 378 valence electrons. The Morgan fingerprint density at radius 1 is 0.266 bits per heavy atom. The van der Waals surface area contributed by atoms with Crippen molar-refractivity contribution in [2.24, 2.45) is 0 Å². The molecule has 2 unspecified atom stereocenters. The molecule has 0 heterocycles. The Morgan fingerprint density at radius 2 is 0.484 bits per heavy atom. The van der Waals surface area contributed by atoms with E-state index in [0.717, 1.165) is 167 Å². The molecule has 0 N–H and O–H groups in total. The molecule has 0 radical (unpaired) electrons. The van der Waals surface area contributed by atoms with Crippen LogP contribution in [0.2, 0.25) is 0 Å². The maximum absolute atomic E-state index is 12.4. The second-order valence-electron chi connectivity index (χ2n) is 19.1.